The van der Waals surface area contributed by atoms with Crippen molar-refractivity contribution in [2.75, 3.05) is 30.8 Å². The van der Waals surface area contributed by atoms with Gasteiger partial charge in [-0.25, -0.2) is 4.98 Å². The van der Waals surface area contributed by atoms with Crippen molar-refractivity contribution in [2.24, 2.45) is 0 Å². The molecule has 5 rings (SSSR count). The van der Waals surface area contributed by atoms with E-state index in [0.29, 0.717) is 35.8 Å². The minimum absolute atomic E-state index is 0.101. The van der Waals surface area contributed by atoms with Crippen LogP contribution in [0.4, 0.5) is 11.4 Å². The van der Waals surface area contributed by atoms with Gasteiger partial charge in [-0.1, -0.05) is 68.9 Å². The third-order valence-corrected chi connectivity index (χ3v) is 8.53. The lowest BCUT2D eigenvalue weighted by molar-refractivity contribution is -0.136. The van der Waals surface area contributed by atoms with E-state index in [4.69, 9.17) is 4.74 Å². The Hall–Kier alpha value is -4.99. The van der Waals surface area contributed by atoms with Gasteiger partial charge in [0.15, 0.2) is 0 Å². The zero-order valence-corrected chi connectivity index (χ0v) is 26.9. The van der Waals surface area contributed by atoms with Crippen molar-refractivity contribution in [1.82, 2.24) is 15.2 Å². The molecule has 2 aromatic carbocycles. The highest BCUT2D eigenvalue weighted by molar-refractivity contribution is 6.25. The number of carbonyl (C=O) groups excluding carboxylic acids is 4. The second-order valence-electron chi connectivity index (χ2n) is 11.9. The molecule has 4 amide bonds. The molecule has 0 bridgehead atoms. The fraction of sp³-hybridized carbons (Fsp3) is 0.378. The number of carbonyl (C=O) groups is 4. The van der Waals surface area contributed by atoms with Gasteiger partial charge in [-0.2, -0.15) is 0 Å². The highest BCUT2D eigenvalue weighted by Crippen LogP contribution is 2.32. The van der Waals surface area contributed by atoms with Crippen molar-refractivity contribution < 1.29 is 23.9 Å². The molecular formula is C37H43N5O5. The van der Waals surface area contributed by atoms with Crippen LogP contribution in [-0.2, 0) is 9.59 Å². The lowest BCUT2D eigenvalue weighted by atomic mass is 10.0. The smallest absolute Gasteiger partial charge is 0.264 e. The number of hydrogen-bond donors (Lipinski definition) is 3. The van der Waals surface area contributed by atoms with E-state index in [9.17, 15) is 19.2 Å². The van der Waals surface area contributed by atoms with E-state index >= 15 is 0 Å². The van der Waals surface area contributed by atoms with E-state index in [2.05, 4.69) is 39.1 Å². The molecule has 0 spiro atoms. The van der Waals surface area contributed by atoms with E-state index in [1.54, 1.807) is 18.2 Å². The first-order chi connectivity index (χ1) is 22.9. The van der Waals surface area contributed by atoms with Crippen LogP contribution in [-0.4, -0.2) is 59.8 Å². The van der Waals surface area contributed by atoms with Gasteiger partial charge in [0.25, 0.3) is 11.8 Å². The molecule has 47 heavy (non-hydrogen) atoms. The van der Waals surface area contributed by atoms with Crippen LogP contribution in [0.5, 0.6) is 5.88 Å². The first kappa shape index (κ1) is 33.4. The van der Waals surface area contributed by atoms with Crippen LogP contribution in [0.3, 0.4) is 0 Å². The van der Waals surface area contributed by atoms with Gasteiger partial charge in [0, 0.05) is 43.7 Å². The maximum absolute atomic E-state index is 13.2. The molecule has 1 saturated heterocycles. The van der Waals surface area contributed by atoms with Crippen LogP contribution in [0.15, 0.2) is 60.8 Å². The van der Waals surface area contributed by atoms with Crippen molar-refractivity contribution in [3.63, 3.8) is 0 Å². The average molecular weight is 638 g/mol. The molecule has 0 radical (unpaired) electrons. The van der Waals surface area contributed by atoms with Crippen molar-refractivity contribution in [3.05, 3.63) is 83.0 Å². The van der Waals surface area contributed by atoms with Crippen molar-refractivity contribution >= 4 is 47.2 Å². The Labute approximate surface area is 276 Å². The second kappa shape index (κ2) is 16.5. The Morgan fingerprint density at radius 1 is 0.851 bits per heavy atom. The van der Waals surface area contributed by atoms with Gasteiger partial charge in [0.1, 0.15) is 6.04 Å². The summed E-state index contributed by atoms with van der Waals surface area (Å²) in [5.41, 5.74) is 4.45. The average Bonchev–Trinajstić information content (AvgIpc) is 3.34. The number of aromatic nitrogens is 1. The molecule has 1 aromatic heterocycles. The van der Waals surface area contributed by atoms with Crippen LogP contribution in [0.1, 0.15) is 96.1 Å². The van der Waals surface area contributed by atoms with E-state index in [1.807, 2.05) is 43.6 Å². The molecule has 2 aliphatic rings. The van der Waals surface area contributed by atoms with Gasteiger partial charge >= 0.3 is 0 Å². The molecule has 3 N–H and O–H groups in total. The molecule has 2 aliphatic heterocycles. The van der Waals surface area contributed by atoms with E-state index in [1.165, 1.54) is 19.3 Å². The highest BCUT2D eigenvalue weighted by Gasteiger charge is 2.45. The standard InChI is InChI=1S/C37H43N5O5/c1-38-28-18-15-26(16-19-28)13-14-27-17-22-33(40-25-27)47-24-9-7-5-3-2-4-6-8-23-39-30-12-10-11-29-34(30)37(46)42(36(29)45)31-20-21-32(43)41-35(31)44/h10-19,22,25,31,38-39H,2-9,20-21,23-24H2,1H3,(H,41,43,44)/b14-13+. The summed E-state index contributed by atoms with van der Waals surface area (Å²) in [4.78, 5) is 55.5. The van der Waals surface area contributed by atoms with Gasteiger partial charge in [0.05, 0.1) is 17.7 Å². The predicted molar refractivity (Wildman–Crippen MR) is 183 cm³/mol. The number of benzene rings is 2. The molecule has 1 atom stereocenters. The number of hydrogen-bond acceptors (Lipinski definition) is 8. The molecule has 3 aromatic rings. The molecular weight excluding hydrogens is 594 g/mol. The summed E-state index contributed by atoms with van der Waals surface area (Å²) in [6.07, 6.45) is 15.0. The molecule has 246 valence electrons. The number of nitrogens with one attached hydrogen (secondary N) is 3. The summed E-state index contributed by atoms with van der Waals surface area (Å²) in [6, 6.07) is 16.3. The van der Waals surface area contributed by atoms with E-state index < -0.39 is 23.8 Å². The first-order valence-electron chi connectivity index (χ1n) is 16.6. The van der Waals surface area contributed by atoms with Crippen LogP contribution in [0.25, 0.3) is 12.2 Å². The van der Waals surface area contributed by atoms with E-state index in [0.717, 1.165) is 53.8 Å². The molecule has 10 heteroatoms. The van der Waals surface area contributed by atoms with Crippen molar-refractivity contribution in [2.45, 2.75) is 70.3 Å². The second-order valence-corrected chi connectivity index (χ2v) is 11.9. The topological polar surface area (TPSA) is 130 Å². The minimum atomic E-state index is -0.962. The Kier molecular flexibility index (Phi) is 11.7. The largest absolute Gasteiger partial charge is 0.478 e. The van der Waals surface area contributed by atoms with Crippen molar-refractivity contribution in [3.8, 4) is 5.88 Å². The lowest BCUT2D eigenvalue weighted by Gasteiger charge is -2.27. The number of imide groups is 2. The van der Waals surface area contributed by atoms with Gasteiger partial charge in [-0.05, 0) is 60.7 Å². The number of ether oxygens (including phenoxy) is 1. The Morgan fingerprint density at radius 2 is 1.55 bits per heavy atom. The number of piperidine rings is 1. The summed E-state index contributed by atoms with van der Waals surface area (Å²) in [5, 5.41) is 8.67. The first-order valence-corrected chi connectivity index (χ1v) is 16.6. The third-order valence-electron chi connectivity index (χ3n) is 8.53. The van der Waals surface area contributed by atoms with Gasteiger partial charge < -0.3 is 15.4 Å². The molecule has 0 aliphatic carbocycles. The number of amides is 4. The molecule has 3 heterocycles. The summed E-state index contributed by atoms with van der Waals surface area (Å²) in [6.45, 7) is 1.35. The number of fused-ring (bicyclic) bond motifs is 1. The summed E-state index contributed by atoms with van der Waals surface area (Å²) in [5.74, 6) is -1.32. The maximum Gasteiger partial charge on any atom is 0.264 e. The SMILES string of the molecule is CNc1ccc(/C=C/c2ccc(OCCCCCCCCCCNc3cccc4c3C(=O)N(C3CCC(=O)NC3=O)C4=O)nc2)cc1. The zero-order chi connectivity index (χ0) is 33.0. The molecule has 1 unspecified atom stereocenters. The maximum atomic E-state index is 13.2. The highest BCUT2D eigenvalue weighted by atomic mass is 16.5. The van der Waals surface area contributed by atoms with Gasteiger partial charge in [-0.3, -0.25) is 29.4 Å². The van der Waals surface area contributed by atoms with Crippen LogP contribution in [0, 0.1) is 0 Å². The molecule has 1 fully saturated rings. The summed E-state index contributed by atoms with van der Waals surface area (Å²) >= 11 is 0. The van der Waals surface area contributed by atoms with Crippen LogP contribution in [0.2, 0.25) is 0 Å². The predicted octanol–water partition coefficient (Wildman–Crippen LogP) is 6.31. The number of anilines is 2. The minimum Gasteiger partial charge on any atom is -0.478 e. The number of rotatable bonds is 17. The monoisotopic (exact) mass is 637 g/mol. The normalized spacial score (nSPS) is 16.0. The quantitative estimate of drug-likeness (QED) is 0.116. The Morgan fingerprint density at radius 3 is 2.26 bits per heavy atom. The molecule has 0 saturated carbocycles. The Balaban J connectivity index is 0.914. The van der Waals surface area contributed by atoms with E-state index in [-0.39, 0.29) is 18.7 Å². The van der Waals surface area contributed by atoms with Crippen LogP contribution < -0.4 is 20.7 Å². The molecule has 10 nitrogen and oxygen atoms in total. The summed E-state index contributed by atoms with van der Waals surface area (Å²) < 4.78 is 5.82. The van der Waals surface area contributed by atoms with Gasteiger partial charge in [-0.15, -0.1) is 0 Å². The lowest BCUT2D eigenvalue weighted by Crippen LogP contribution is -2.54. The summed E-state index contributed by atoms with van der Waals surface area (Å²) in [7, 11) is 1.91. The fourth-order valence-corrected chi connectivity index (χ4v) is 5.88. The number of unbranched alkanes of at least 4 members (excludes halogenated alkanes) is 7. The fourth-order valence-electron chi connectivity index (χ4n) is 5.88. The Bertz CT molecular complexity index is 1590. The third kappa shape index (κ3) is 8.84. The number of nitrogens with zero attached hydrogens (tertiary/aromatic N) is 2. The number of pyridine rings is 1. The zero-order valence-electron chi connectivity index (χ0n) is 26.9. The van der Waals surface area contributed by atoms with Crippen LogP contribution >= 0.6 is 0 Å². The van der Waals surface area contributed by atoms with Gasteiger partial charge in [0.2, 0.25) is 17.7 Å². The van der Waals surface area contributed by atoms with Crippen molar-refractivity contribution in [1.29, 1.82) is 0 Å².